The van der Waals surface area contributed by atoms with Crippen LogP contribution in [0, 0.1) is 0 Å². The van der Waals surface area contributed by atoms with Crippen LogP contribution < -0.4 is 5.19 Å². The minimum atomic E-state index is -2.48. The average molecular weight is 455 g/mol. The molecule has 0 fully saturated rings. The summed E-state index contributed by atoms with van der Waals surface area (Å²) in [7, 11) is -2.48. The Balaban J connectivity index is -0.000000122. The van der Waals surface area contributed by atoms with E-state index >= 15 is 0 Å². The molecule has 0 aromatic heterocycles. The van der Waals surface area contributed by atoms with Crippen LogP contribution in [-0.4, -0.2) is 40.5 Å². The standard InChI is InChI=1S/C7H10FSi.3C4H10O.Zr/c1-9(2,8)7-5-3-4-6-7;3*1-4(2,3)5;/h3-6H,1-2H3;3*5H,1-3H3;/q-1;;;;. The zero-order chi connectivity index (χ0) is 20.4. The third-order valence-electron chi connectivity index (χ3n) is 1.35. The zero-order valence-corrected chi connectivity index (χ0v) is 21.5. The maximum atomic E-state index is 13.1. The van der Waals surface area contributed by atoms with Gasteiger partial charge in [-0.2, -0.15) is 12.1 Å². The molecule has 0 amide bonds. The maximum Gasteiger partial charge on any atom is 0.214 e. The van der Waals surface area contributed by atoms with Gasteiger partial charge >= 0.3 is 0 Å². The van der Waals surface area contributed by atoms with Crippen LogP contribution in [0.5, 0.6) is 0 Å². The Hall–Kier alpha value is 0.260. The molecule has 150 valence electrons. The first-order valence-electron chi connectivity index (χ1n) is 8.19. The molecule has 0 saturated heterocycles. The minimum Gasteiger partial charge on any atom is -0.391 e. The summed E-state index contributed by atoms with van der Waals surface area (Å²) in [6, 6.07) is 7.46. The van der Waals surface area contributed by atoms with E-state index in [1.807, 2.05) is 24.3 Å². The first-order chi connectivity index (χ1) is 10.1. The summed E-state index contributed by atoms with van der Waals surface area (Å²) in [6.07, 6.45) is 0. The smallest absolute Gasteiger partial charge is 0.214 e. The van der Waals surface area contributed by atoms with Gasteiger partial charge in [0, 0.05) is 26.2 Å². The fourth-order valence-electron chi connectivity index (χ4n) is 0.770. The van der Waals surface area contributed by atoms with Crippen LogP contribution in [0.1, 0.15) is 62.3 Å². The van der Waals surface area contributed by atoms with Crippen LogP contribution in [0.3, 0.4) is 0 Å². The Morgan fingerprint density at radius 2 is 0.840 bits per heavy atom. The predicted octanol–water partition coefficient (Wildman–Crippen LogP) is 4.12. The Kier molecular flexibility index (Phi) is 17.7. The summed E-state index contributed by atoms with van der Waals surface area (Å²) in [5, 5.41) is 26.5. The number of halogens is 1. The zero-order valence-electron chi connectivity index (χ0n) is 18.0. The molecule has 3 nitrogen and oxygen atoms in total. The average Bonchev–Trinajstić information content (AvgIpc) is 2.58. The molecule has 0 heterocycles. The van der Waals surface area contributed by atoms with Gasteiger partial charge < -0.3 is 19.4 Å². The monoisotopic (exact) mass is 453 g/mol. The van der Waals surface area contributed by atoms with Crippen LogP contribution in [-0.2, 0) is 26.2 Å². The molecule has 1 rings (SSSR count). The second-order valence-electron chi connectivity index (χ2n) is 9.16. The van der Waals surface area contributed by atoms with E-state index in [0.29, 0.717) is 0 Å². The molecule has 0 aliphatic carbocycles. The summed E-state index contributed by atoms with van der Waals surface area (Å²) < 4.78 is 13.1. The molecular formula is C19H40FO3SiZr-. The van der Waals surface area contributed by atoms with Gasteiger partial charge in [0.1, 0.15) is 0 Å². The number of aliphatic hydroxyl groups is 3. The van der Waals surface area contributed by atoms with Crippen molar-refractivity contribution in [1.29, 1.82) is 0 Å². The third kappa shape index (κ3) is 68.4. The van der Waals surface area contributed by atoms with Gasteiger partial charge in [0.15, 0.2) is 0 Å². The summed E-state index contributed by atoms with van der Waals surface area (Å²) in [5.41, 5.74) is -1.50. The van der Waals surface area contributed by atoms with E-state index in [1.54, 1.807) is 75.4 Å². The quantitative estimate of drug-likeness (QED) is 0.340. The van der Waals surface area contributed by atoms with Crippen LogP contribution in [0.2, 0.25) is 13.1 Å². The van der Waals surface area contributed by atoms with E-state index in [2.05, 4.69) is 0 Å². The molecule has 1 aromatic rings. The number of hydrogen-bond acceptors (Lipinski definition) is 3. The summed E-state index contributed by atoms with van der Waals surface area (Å²) in [6.45, 7) is 19.1. The molecule has 0 unspecified atom stereocenters. The van der Waals surface area contributed by atoms with Crippen molar-refractivity contribution in [2.45, 2.75) is 92.2 Å². The first-order valence-corrected chi connectivity index (χ1v) is 11.1. The Morgan fingerprint density at radius 1 is 0.680 bits per heavy atom. The van der Waals surface area contributed by atoms with Gasteiger partial charge in [-0.05, 0) is 75.4 Å². The molecule has 1 aromatic carbocycles. The number of hydrogen-bond donors (Lipinski definition) is 3. The van der Waals surface area contributed by atoms with Crippen molar-refractivity contribution in [3.05, 3.63) is 24.3 Å². The van der Waals surface area contributed by atoms with Crippen molar-refractivity contribution in [1.82, 2.24) is 0 Å². The van der Waals surface area contributed by atoms with E-state index < -0.39 is 25.2 Å². The van der Waals surface area contributed by atoms with Crippen molar-refractivity contribution in [2.75, 3.05) is 0 Å². The second-order valence-corrected chi connectivity index (χ2v) is 12.7. The first kappa shape index (κ1) is 32.9. The molecule has 0 saturated carbocycles. The van der Waals surface area contributed by atoms with Gasteiger partial charge in [0.05, 0.1) is 16.8 Å². The van der Waals surface area contributed by atoms with Gasteiger partial charge in [0.2, 0.25) is 8.41 Å². The molecule has 3 N–H and O–H groups in total. The van der Waals surface area contributed by atoms with E-state index in [9.17, 15) is 4.11 Å². The third-order valence-corrected chi connectivity index (χ3v) is 3.06. The number of rotatable bonds is 1. The molecule has 0 spiro atoms. The van der Waals surface area contributed by atoms with E-state index in [1.165, 1.54) is 0 Å². The molecule has 25 heavy (non-hydrogen) atoms. The predicted molar refractivity (Wildman–Crippen MR) is 106 cm³/mol. The Morgan fingerprint density at radius 3 is 0.920 bits per heavy atom. The molecule has 0 radical (unpaired) electrons. The normalized spacial score (nSPS) is 11.5. The van der Waals surface area contributed by atoms with Crippen molar-refractivity contribution < 1.29 is 45.6 Å². The molecule has 0 aliphatic heterocycles. The Labute approximate surface area is 175 Å². The molecule has 0 atom stereocenters. The van der Waals surface area contributed by atoms with Crippen molar-refractivity contribution >= 4 is 13.6 Å². The van der Waals surface area contributed by atoms with Crippen molar-refractivity contribution in [3.8, 4) is 0 Å². The maximum absolute atomic E-state index is 13.1. The minimum absolute atomic E-state index is 0. The Bertz CT molecular complexity index is 348. The van der Waals surface area contributed by atoms with E-state index in [-0.39, 0.29) is 26.2 Å². The molecule has 0 bridgehead atoms. The van der Waals surface area contributed by atoms with Gasteiger partial charge in [-0.1, -0.05) is 0 Å². The van der Waals surface area contributed by atoms with Crippen molar-refractivity contribution in [3.63, 3.8) is 0 Å². The largest absolute Gasteiger partial charge is 0.391 e. The van der Waals surface area contributed by atoms with Crippen LogP contribution in [0.4, 0.5) is 4.11 Å². The van der Waals surface area contributed by atoms with Gasteiger partial charge in [0.25, 0.3) is 0 Å². The topological polar surface area (TPSA) is 60.7 Å². The van der Waals surface area contributed by atoms with E-state index in [0.717, 1.165) is 5.19 Å². The summed E-state index contributed by atoms with van der Waals surface area (Å²) >= 11 is 0. The molecular weight excluding hydrogens is 415 g/mol. The summed E-state index contributed by atoms with van der Waals surface area (Å²) in [5.74, 6) is 0. The van der Waals surface area contributed by atoms with Gasteiger partial charge in [-0.3, -0.25) is 0 Å². The molecule has 6 heteroatoms. The second kappa shape index (κ2) is 13.4. The van der Waals surface area contributed by atoms with Crippen LogP contribution in [0.25, 0.3) is 0 Å². The van der Waals surface area contributed by atoms with Gasteiger partial charge in [-0.15, -0.1) is 5.19 Å². The fourth-order valence-corrected chi connectivity index (χ4v) is 1.76. The SMILES string of the molecule is CC(C)(C)O.CC(C)(C)O.CC(C)(C)O.C[Si](C)(F)[c-]1cccc1.[Zr]. The van der Waals surface area contributed by atoms with Crippen LogP contribution in [0.15, 0.2) is 24.3 Å². The van der Waals surface area contributed by atoms with Gasteiger partial charge in [-0.25, -0.2) is 12.1 Å². The van der Waals surface area contributed by atoms with E-state index in [4.69, 9.17) is 15.3 Å². The van der Waals surface area contributed by atoms with Crippen molar-refractivity contribution in [2.24, 2.45) is 0 Å². The van der Waals surface area contributed by atoms with Crippen LogP contribution >= 0.6 is 0 Å². The fraction of sp³-hybridized carbons (Fsp3) is 0.737. The summed E-state index contributed by atoms with van der Waals surface area (Å²) in [4.78, 5) is 0. The molecule has 0 aliphatic rings.